The van der Waals surface area contributed by atoms with Gasteiger partial charge in [-0.2, -0.15) is 0 Å². The van der Waals surface area contributed by atoms with Gasteiger partial charge in [0.1, 0.15) is 0 Å². The molecule has 0 atom stereocenters. The second-order valence-electron chi connectivity index (χ2n) is 11.4. The summed E-state index contributed by atoms with van der Waals surface area (Å²) in [5.74, 6) is 0. The van der Waals surface area contributed by atoms with Crippen LogP contribution in [-0.4, -0.2) is 8.07 Å². The second-order valence-corrected chi connectivity index (χ2v) is 15.0. The van der Waals surface area contributed by atoms with E-state index in [2.05, 4.69) is 159 Å². The zero-order chi connectivity index (χ0) is 27.6. The predicted molar refractivity (Wildman–Crippen MR) is 194 cm³/mol. The van der Waals surface area contributed by atoms with Crippen molar-refractivity contribution in [2.75, 3.05) is 0 Å². The molecule has 0 heterocycles. The predicted octanol–water partition coefficient (Wildman–Crippen LogP) is 8.63. The molecule has 0 fully saturated rings. The minimum atomic E-state index is -2.85. The topological polar surface area (TPSA) is 0 Å². The summed E-state index contributed by atoms with van der Waals surface area (Å²) in [6.07, 6.45) is 0. The van der Waals surface area contributed by atoms with Gasteiger partial charge in [0.2, 0.25) is 0 Å². The fourth-order valence-corrected chi connectivity index (χ4v) is 13.4. The molecular formula is C42H36SiTi. The number of benzene rings is 6. The van der Waals surface area contributed by atoms with Crippen molar-refractivity contribution >= 4 is 71.9 Å². The van der Waals surface area contributed by atoms with E-state index in [1.165, 1.54) is 75.0 Å². The summed E-state index contributed by atoms with van der Waals surface area (Å²) in [6.45, 7) is 4.69. The molecule has 8 rings (SSSR count). The van der Waals surface area contributed by atoms with Gasteiger partial charge in [0.05, 0.1) is 8.07 Å². The third-order valence-electron chi connectivity index (χ3n) is 9.12. The van der Waals surface area contributed by atoms with Crippen LogP contribution in [0.3, 0.4) is 0 Å². The summed E-state index contributed by atoms with van der Waals surface area (Å²) in [6, 6.07) is 54.8. The zero-order valence-corrected chi connectivity index (χ0v) is 28.4. The van der Waals surface area contributed by atoms with Crippen molar-refractivity contribution in [1.29, 1.82) is 0 Å². The Kier molecular flexibility index (Phi) is 8.69. The minimum Gasteiger partial charge on any atom is -0.358 e. The van der Waals surface area contributed by atoms with Crippen molar-refractivity contribution in [2.45, 2.75) is 13.8 Å². The summed E-state index contributed by atoms with van der Waals surface area (Å²) in [7, 11) is -2.85. The molecule has 212 valence electrons. The Morgan fingerprint density at radius 2 is 0.795 bits per heavy atom. The molecule has 0 N–H and O–H groups in total. The molecule has 0 amide bonds. The van der Waals surface area contributed by atoms with Gasteiger partial charge in [-0.1, -0.05) is 156 Å². The maximum atomic E-state index is 2.43. The standard InChI is InChI=1S/C40H30Si.2CH3.Ti/c1-27-25-31-23-21-29-13-9-11-19-35(29)37(31)39(27)41(33-15-5-3-6-16-33,34-17-7-4-8-18-34)40-28(2)26-32-24-22-30-14-10-12-20-36(30)38(32)40;;;/h3-26H,1-2H3;2*1H3;/q-2;2*-1;+4. The summed E-state index contributed by atoms with van der Waals surface area (Å²) < 4.78 is 0. The van der Waals surface area contributed by atoms with E-state index in [9.17, 15) is 0 Å². The first-order chi connectivity index (χ1) is 20.2. The van der Waals surface area contributed by atoms with Crippen LogP contribution in [-0.2, 0) is 21.7 Å². The molecule has 8 aromatic rings. The molecule has 0 aromatic heterocycles. The van der Waals surface area contributed by atoms with E-state index in [0.717, 1.165) is 0 Å². The smallest absolute Gasteiger partial charge is 0.358 e. The van der Waals surface area contributed by atoms with E-state index in [4.69, 9.17) is 0 Å². The van der Waals surface area contributed by atoms with Gasteiger partial charge in [-0.3, -0.25) is 0 Å². The number of hydrogen-bond acceptors (Lipinski definition) is 0. The minimum absolute atomic E-state index is 0. The van der Waals surface area contributed by atoms with Gasteiger partial charge in [-0.25, -0.2) is 0 Å². The van der Waals surface area contributed by atoms with Crippen LogP contribution in [0.4, 0.5) is 0 Å². The van der Waals surface area contributed by atoms with Crippen molar-refractivity contribution in [1.82, 2.24) is 0 Å². The Bertz CT molecular complexity index is 2060. The Balaban J connectivity index is 0.00000128. The van der Waals surface area contributed by atoms with E-state index in [-0.39, 0.29) is 36.6 Å². The largest absolute Gasteiger partial charge is 4.00 e. The van der Waals surface area contributed by atoms with Gasteiger partial charge in [0, 0.05) is 0 Å². The van der Waals surface area contributed by atoms with Crippen LogP contribution >= 0.6 is 0 Å². The molecule has 0 aliphatic carbocycles. The molecular weight excluding hydrogens is 580 g/mol. The van der Waals surface area contributed by atoms with Crippen molar-refractivity contribution in [3.05, 3.63) is 172 Å². The Morgan fingerprint density at radius 3 is 1.20 bits per heavy atom. The van der Waals surface area contributed by atoms with Gasteiger partial charge < -0.3 is 14.9 Å². The van der Waals surface area contributed by atoms with E-state index < -0.39 is 8.07 Å². The SMILES string of the molecule is Cc1[cH-]c2ccc3ccccc3c2c1[Si](c1ccccc1)(c1ccccc1)c1c(C)[cH-]c2ccc3ccccc3c12.[CH3-].[CH3-].[Ti+4]. The maximum Gasteiger partial charge on any atom is 4.00 e. The van der Waals surface area contributed by atoms with Crippen molar-refractivity contribution in [2.24, 2.45) is 0 Å². The van der Waals surface area contributed by atoms with Crippen LogP contribution in [0.15, 0.2) is 146 Å². The fraction of sp³-hybridized carbons (Fsp3) is 0.0476. The fourth-order valence-electron chi connectivity index (χ4n) is 7.59. The second kappa shape index (κ2) is 12.2. The molecule has 8 aromatic carbocycles. The Hall–Kier alpha value is -4.01. The number of fused-ring (bicyclic) bond motifs is 6. The van der Waals surface area contributed by atoms with Crippen LogP contribution in [0.25, 0.3) is 43.1 Å². The third-order valence-corrected chi connectivity index (χ3v) is 14.3. The van der Waals surface area contributed by atoms with Crippen LogP contribution in [0, 0.1) is 28.7 Å². The van der Waals surface area contributed by atoms with E-state index in [0.29, 0.717) is 0 Å². The van der Waals surface area contributed by atoms with Gasteiger partial charge in [0.25, 0.3) is 0 Å². The molecule has 0 aliphatic heterocycles. The first-order valence-corrected chi connectivity index (χ1v) is 16.5. The van der Waals surface area contributed by atoms with Gasteiger partial charge >= 0.3 is 21.7 Å². The maximum absolute atomic E-state index is 2.85. The van der Waals surface area contributed by atoms with Crippen LogP contribution < -0.4 is 20.7 Å². The Morgan fingerprint density at radius 1 is 0.432 bits per heavy atom. The first-order valence-electron chi connectivity index (χ1n) is 14.5. The number of rotatable bonds is 4. The van der Waals surface area contributed by atoms with Gasteiger partial charge in [-0.05, 0) is 10.8 Å². The summed E-state index contributed by atoms with van der Waals surface area (Å²) in [5, 5.41) is 16.7. The molecule has 2 heteroatoms. The van der Waals surface area contributed by atoms with Crippen molar-refractivity contribution in [3.63, 3.8) is 0 Å². The van der Waals surface area contributed by atoms with Crippen LogP contribution in [0.5, 0.6) is 0 Å². The average molecular weight is 617 g/mol. The molecule has 0 radical (unpaired) electrons. The van der Waals surface area contributed by atoms with E-state index in [1.807, 2.05) is 0 Å². The summed E-state index contributed by atoms with van der Waals surface area (Å²) in [5.41, 5.74) is 2.76. The van der Waals surface area contributed by atoms with Crippen LogP contribution in [0.2, 0.25) is 0 Å². The molecule has 0 spiro atoms. The normalized spacial score (nSPS) is 11.3. The van der Waals surface area contributed by atoms with Crippen LogP contribution in [0.1, 0.15) is 11.1 Å². The monoisotopic (exact) mass is 616 g/mol. The average Bonchev–Trinajstić information content (AvgIpc) is 3.55. The molecule has 0 bridgehead atoms. The molecule has 44 heavy (non-hydrogen) atoms. The molecule has 0 saturated heterocycles. The van der Waals surface area contributed by atoms with Crippen molar-refractivity contribution < 1.29 is 21.7 Å². The zero-order valence-electron chi connectivity index (χ0n) is 25.9. The quantitative estimate of drug-likeness (QED) is 0.137. The third kappa shape index (κ3) is 4.46. The van der Waals surface area contributed by atoms with E-state index in [1.54, 1.807) is 0 Å². The summed E-state index contributed by atoms with van der Waals surface area (Å²) in [4.78, 5) is 0. The van der Waals surface area contributed by atoms with Gasteiger partial charge in [-0.15, -0.1) is 67.3 Å². The molecule has 0 unspecified atom stereocenters. The number of hydrogen-bond donors (Lipinski definition) is 0. The first kappa shape index (κ1) is 31.4. The number of aryl methyl sites for hydroxylation is 2. The molecule has 0 saturated carbocycles. The molecule has 0 nitrogen and oxygen atoms in total. The molecule has 0 aliphatic rings. The van der Waals surface area contributed by atoms with Gasteiger partial charge in [0.15, 0.2) is 0 Å². The van der Waals surface area contributed by atoms with E-state index >= 15 is 0 Å². The summed E-state index contributed by atoms with van der Waals surface area (Å²) >= 11 is 0. The van der Waals surface area contributed by atoms with Crippen molar-refractivity contribution in [3.8, 4) is 0 Å². The Labute approximate surface area is 277 Å².